The number of aryl methyl sites for hydroxylation is 1. The molecule has 1 aromatic heterocycles. The van der Waals surface area contributed by atoms with Gasteiger partial charge in [-0.1, -0.05) is 36.4 Å². The number of imidazole rings is 1. The summed E-state index contributed by atoms with van der Waals surface area (Å²) in [7, 11) is 1.61. The van der Waals surface area contributed by atoms with Gasteiger partial charge in [0.1, 0.15) is 11.4 Å². The van der Waals surface area contributed by atoms with Crippen molar-refractivity contribution in [1.29, 1.82) is 0 Å². The topological polar surface area (TPSA) is 85.2 Å². The van der Waals surface area contributed by atoms with E-state index >= 15 is 0 Å². The van der Waals surface area contributed by atoms with Gasteiger partial charge in [0, 0.05) is 24.1 Å². The maximum absolute atomic E-state index is 12.5. The number of amides is 2. The van der Waals surface area contributed by atoms with E-state index in [2.05, 4.69) is 15.6 Å². The second kappa shape index (κ2) is 10.5. The van der Waals surface area contributed by atoms with Crippen molar-refractivity contribution in [2.75, 3.05) is 17.7 Å². The third-order valence-corrected chi connectivity index (χ3v) is 5.27. The first kappa shape index (κ1) is 22.8. The summed E-state index contributed by atoms with van der Waals surface area (Å²) in [6.45, 7) is 2.53. The third-order valence-electron chi connectivity index (χ3n) is 5.27. The summed E-state index contributed by atoms with van der Waals surface area (Å²) >= 11 is 0. The molecule has 0 fully saturated rings. The summed E-state index contributed by atoms with van der Waals surface area (Å²) in [4.78, 5) is 29.0. The number of carbonyl (C=O) groups excluding carboxylic acids is 2. The average molecular weight is 455 g/mol. The van der Waals surface area contributed by atoms with Crippen LogP contribution < -0.4 is 15.4 Å². The Hall–Kier alpha value is -4.39. The van der Waals surface area contributed by atoms with Gasteiger partial charge < -0.3 is 19.9 Å². The maximum atomic E-state index is 12.5. The number of benzene rings is 3. The highest BCUT2D eigenvalue weighted by atomic mass is 16.5. The van der Waals surface area contributed by atoms with E-state index in [1.807, 2.05) is 84.3 Å². The van der Waals surface area contributed by atoms with Crippen LogP contribution in [0.3, 0.4) is 0 Å². The van der Waals surface area contributed by atoms with Gasteiger partial charge in [-0.05, 0) is 60.0 Å². The fraction of sp³-hybridized carbons (Fsp3) is 0.148. The molecule has 0 saturated carbocycles. The molecule has 0 aliphatic rings. The quantitative estimate of drug-likeness (QED) is 0.405. The number of carbonyl (C=O) groups is 2. The molecular formula is C27H26N4O3. The molecule has 172 valence electrons. The van der Waals surface area contributed by atoms with Gasteiger partial charge in [0.05, 0.1) is 19.9 Å². The molecule has 3 aromatic carbocycles. The van der Waals surface area contributed by atoms with Crippen molar-refractivity contribution >= 4 is 23.2 Å². The minimum absolute atomic E-state index is 0.0863. The Morgan fingerprint density at radius 2 is 1.65 bits per heavy atom. The molecular weight excluding hydrogens is 428 g/mol. The van der Waals surface area contributed by atoms with Gasteiger partial charge >= 0.3 is 0 Å². The van der Waals surface area contributed by atoms with E-state index in [9.17, 15) is 9.59 Å². The monoisotopic (exact) mass is 454 g/mol. The molecule has 0 unspecified atom stereocenters. The van der Waals surface area contributed by atoms with E-state index in [4.69, 9.17) is 4.74 Å². The second-order valence-corrected chi connectivity index (χ2v) is 8.02. The summed E-state index contributed by atoms with van der Waals surface area (Å²) in [6, 6.07) is 22.7. The Labute approximate surface area is 198 Å². The van der Waals surface area contributed by atoms with Gasteiger partial charge in [0.25, 0.3) is 5.91 Å². The summed E-state index contributed by atoms with van der Waals surface area (Å²) in [5.74, 6) is 0.424. The van der Waals surface area contributed by atoms with Crippen LogP contribution in [-0.4, -0.2) is 28.5 Å². The first-order valence-corrected chi connectivity index (χ1v) is 10.9. The predicted octanol–water partition coefficient (Wildman–Crippen LogP) is 4.68. The van der Waals surface area contributed by atoms with Gasteiger partial charge in [-0.2, -0.15) is 0 Å². The Balaban J connectivity index is 1.30. The molecule has 2 amide bonds. The third kappa shape index (κ3) is 6.10. The lowest BCUT2D eigenvalue weighted by molar-refractivity contribution is -0.115. The minimum Gasteiger partial charge on any atom is -0.497 e. The lowest BCUT2D eigenvalue weighted by Gasteiger charge is -2.08. The maximum Gasteiger partial charge on any atom is 0.275 e. The Morgan fingerprint density at radius 3 is 2.35 bits per heavy atom. The van der Waals surface area contributed by atoms with Gasteiger partial charge in [-0.15, -0.1) is 0 Å². The summed E-state index contributed by atoms with van der Waals surface area (Å²) in [5.41, 5.74) is 4.83. The molecule has 0 atom stereocenters. The number of hydrogen-bond acceptors (Lipinski definition) is 4. The van der Waals surface area contributed by atoms with E-state index in [1.54, 1.807) is 19.6 Å². The fourth-order valence-electron chi connectivity index (χ4n) is 3.52. The molecule has 34 heavy (non-hydrogen) atoms. The van der Waals surface area contributed by atoms with Crippen molar-refractivity contribution in [3.05, 3.63) is 108 Å². The number of nitrogens with zero attached hydrogens (tertiary/aromatic N) is 2. The number of anilines is 2. The SMILES string of the molecule is COc1ccc(CC(=O)Nc2ccc(Cn3cnc(C(=O)Nc4cccc(C)c4)c3)cc2)cc1. The summed E-state index contributed by atoms with van der Waals surface area (Å²) in [5, 5.41) is 5.78. The molecule has 0 radical (unpaired) electrons. The van der Waals surface area contributed by atoms with Crippen LogP contribution in [0.15, 0.2) is 85.3 Å². The average Bonchev–Trinajstić information content (AvgIpc) is 3.29. The number of aromatic nitrogens is 2. The van der Waals surface area contributed by atoms with Crippen molar-refractivity contribution in [3.8, 4) is 5.75 Å². The van der Waals surface area contributed by atoms with E-state index in [0.29, 0.717) is 12.2 Å². The van der Waals surface area contributed by atoms with E-state index in [-0.39, 0.29) is 18.2 Å². The number of nitrogens with one attached hydrogen (secondary N) is 2. The van der Waals surface area contributed by atoms with Crippen molar-refractivity contribution < 1.29 is 14.3 Å². The molecule has 0 bridgehead atoms. The summed E-state index contributed by atoms with van der Waals surface area (Å²) < 4.78 is 6.99. The number of hydrogen-bond donors (Lipinski definition) is 2. The molecule has 7 heteroatoms. The predicted molar refractivity (Wildman–Crippen MR) is 132 cm³/mol. The van der Waals surface area contributed by atoms with Crippen LogP contribution in [-0.2, 0) is 17.8 Å². The number of rotatable bonds is 8. The Bertz CT molecular complexity index is 1280. The van der Waals surface area contributed by atoms with Crippen LogP contribution in [0, 0.1) is 6.92 Å². The van der Waals surface area contributed by atoms with E-state index < -0.39 is 0 Å². The smallest absolute Gasteiger partial charge is 0.275 e. The molecule has 4 rings (SSSR count). The fourth-order valence-corrected chi connectivity index (χ4v) is 3.52. The standard InChI is InChI=1S/C27H26N4O3/c1-19-4-3-5-23(14-19)30-27(33)25-17-31(18-28-25)16-21-6-10-22(11-7-21)29-26(32)15-20-8-12-24(34-2)13-9-20/h3-14,17-18H,15-16H2,1-2H3,(H,29,32)(H,30,33). The van der Waals surface area contributed by atoms with Crippen molar-refractivity contribution in [2.45, 2.75) is 19.9 Å². The van der Waals surface area contributed by atoms with Crippen LogP contribution in [0.5, 0.6) is 5.75 Å². The van der Waals surface area contributed by atoms with E-state index in [0.717, 1.165) is 33.8 Å². The zero-order valence-electron chi connectivity index (χ0n) is 19.1. The second-order valence-electron chi connectivity index (χ2n) is 8.02. The van der Waals surface area contributed by atoms with Crippen LogP contribution in [0.25, 0.3) is 0 Å². The Morgan fingerprint density at radius 1 is 0.912 bits per heavy atom. The van der Waals surface area contributed by atoms with Crippen molar-refractivity contribution in [1.82, 2.24) is 9.55 Å². The first-order chi connectivity index (χ1) is 16.5. The molecule has 4 aromatic rings. The molecule has 0 aliphatic carbocycles. The minimum atomic E-state index is -0.251. The highest BCUT2D eigenvalue weighted by molar-refractivity contribution is 6.02. The van der Waals surface area contributed by atoms with Gasteiger partial charge in [0.2, 0.25) is 5.91 Å². The highest BCUT2D eigenvalue weighted by Gasteiger charge is 2.10. The van der Waals surface area contributed by atoms with E-state index in [1.165, 1.54) is 0 Å². The van der Waals surface area contributed by atoms with Crippen LogP contribution in [0.2, 0.25) is 0 Å². The highest BCUT2D eigenvalue weighted by Crippen LogP contribution is 2.15. The zero-order chi connectivity index (χ0) is 23.9. The van der Waals surface area contributed by atoms with Crippen molar-refractivity contribution in [2.24, 2.45) is 0 Å². The van der Waals surface area contributed by atoms with Gasteiger partial charge in [0.15, 0.2) is 0 Å². The van der Waals surface area contributed by atoms with Crippen LogP contribution in [0.4, 0.5) is 11.4 Å². The van der Waals surface area contributed by atoms with Gasteiger partial charge in [-0.3, -0.25) is 9.59 Å². The lowest BCUT2D eigenvalue weighted by atomic mass is 10.1. The zero-order valence-corrected chi connectivity index (χ0v) is 19.1. The Kier molecular flexibility index (Phi) is 7.03. The normalized spacial score (nSPS) is 10.5. The number of methoxy groups -OCH3 is 1. The van der Waals surface area contributed by atoms with Crippen LogP contribution >= 0.6 is 0 Å². The van der Waals surface area contributed by atoms with Gasteiger partial charge in [-0.25, -0.2) is 4.98 Å². The molecule has 0 aliphatic heterocycles. The summed E-state index contributed by atoms with van der Waals surface area (Å²) in [6.07, 6.45) is 3.64. The molecule has 2 N–H and O–H groups in total. The molecule has 1 heterocycles. The largest absolute Gasteiger partial charge is 0.497 e. The van der Waals surface area contributed by atoms with Crippen molar-refractivity contribution in [3.63, 3.8) is 0 Å². The number of ether oxygens (including phenoxy) is 1. The first-order valence-electron chi connectivity index (χ1n) is 10.9. The molecule has 0 spiro atoms. The lowest BCUT2D eigenvalue weighted by Crippen LogP contribution is -2.14. The molecule has 0 saturated heterocycles. The van der Waals surface area contributed by atoms with Crippen LogP contribution in [0.1, 0.15) is 27.2 Å². The molecule has 7 nitrogen and oxygen atoms in total.